The minimum absolute atomic E-state index is 0.101. The molecule has 0 saturated heterocycles. The highest BCUT2D eigenvalue weighted by Gasteiger charge is 2.27. The highest BCUT2D eigenvalue weighted by Crippen LogP contribution is 2.27. The molecule has 1 rings (SSSR count). The van der Waals surface area contributed by atoms with Crippen LogP contribution >= 0.6 is 11.6 Å². The summed E-state index contributed by atoms with van der Waals surface area (Å²) < 4.78 is 0. The third-order valence-corrected chi connectivity index (χ3v) is 2.95. The van der Waals surface area contributed by atoms with Gasteiger partial charge in [-0.05, 0) is 11.5 Å². The maximum absolute atomic E-state index is 11.9. The zero-order valence-electron chi connectivity index (χ0n) is 10.9. The van der Waals surface area contributed by atoms with Gasteiger partial charge in [0.25, 0.3) is 5.69 Å². The standard InChI is InChI=1S/C12H16ClN3O3/c1-12(2,3)10(14)11(17)15-9-5-4-7(16(18)19)6-8(9)13/h4-6,10H,14H2,1-3H3,(H,15,17)/t10-/m1/s1. The van der Waals surface area contributed by atoms with Crippen LogP contribution in [0, 0.1) is 15.5 Å². The minimum atomic E-state index is -0.709. The first-order chi connectivity index (χ1) is 8.62. The van der Waals surface area contributed by atoms with E-state index < -0.39 is 16.4 Å². The van der Waals surface area contributed by atoms with Gasteiger partial charge in [0.15, 0.2) is 0 Å². The lowest BCUT2D eigenvalue weighted by atomic mass is 9.87. The van der Waals surface area contributed by atoms with Crippen LogP contribution < -0.4 is 11.1 Å². The van der Waals surface area contributed by atoms with E-state index in [0.29, 0.717) is 5.69 Å². The van der Waals surface area contributed by atoms with Crippen molar-refractivity contribution in [3.05, 3.63) is 33.3 Å². The van der Waals surface area contributed by atoms with Crippen LogP contribution in [0.25, 0.3) is 0 Å². The van der Waals surface area contributed by atoms with Gasteiger partial charge in [-0.25, -0.2) is 0 Å². The summed E-state index contributed by atoms with van der Waals surface area (Å²) in [4.78, 5) is 21.9. The molecule has 0 aromatic heterocycles. The van der Waals surface area contributed by atoms with Crippen molar-refractivity contribution in [2.24, 2.45) is 11.1 Å². The number of rotatable bonds is 3. The summed E-state index contributed by atoms with van der Waals surface area (Å²) in [5, 5.41) is 13.2. The molecule has 7 heteroatoms. The molecule has 0 saturated carbocycles. The highest BCUT2D eigenvalue weighted by molar-refractivity contribution is 6.34. The fourth-order valence-corrected chi connectivity index (χ4v) is 1.54. The van der Waals surface area contributed by atoms with Crippen molar-refractivity contribution in [1.82, 2.24) is 0 Å². The first-order valence-electron chi connectivity index (χ1n) is 5.63. The fraction of sp³-hybridized carbons (Fsp3) is 0.417. The van der Waals surface area contributed by atoms with E-state index in [2.05, 4.69) is 5.32 Å². The normalized spacial score (nSPS) is 12.9. The number of nitrogens with one attached hydrogen (secondary N) is 1. The van der Waals surface area contributed by atoms with Crippen LogP contribution in [0.5, 0.6) is 0 Å². The average molecular weight is 286 g/mol. The number of halogens is 1. The summed E-state index contributed by atoms with van der Waals surface area (Å²) in [5.74, 6) is -0.386. The topological polar surface area (TPSA) is 98.3 Å². The van der Waals surface area contributed by atoms with Crippen LogP contribution in [0.15, 0.2) is 18.2 Å². The van der Waals surface area contributed by atoms with E-state index in [1.54, 1.807) is 0 Å². The van der Waals surface area contributed by atoms with Crippen molar-refractivity contribution < 1.29 is 9.72 Å². The lowest BCUT2D eigenvalue weighted by Gasteiger charge is -2.25. The first kappa shape index (κ1) is 15.4. The van der Waals surface area contributed by atoms with Gasteiger partial charge in [-0.15, -0.1) is 0 Å². The van der Waals surface area contributed by atoms with E-state index in [1.165, 1.54) is 18.2 Å². The van der Waals surface area contributed by atoms with Crippen LogP contribution in [-0.4, -0.2) is 16.9 Å². The van der Waals surface area contributed by atoms with Gasteiger partial charge in [0.1, 0.15) is 0 Å². The number of nitrogens with two attached hydrogens (primary N) is 1. The number of carbonyl (C=O) groups excluding carboxylic acids is 1. The Labute approximate surface area is 116 Å². The van der Waals surface area contributed by atoms with Crippen molar-refractivity contribution in [2.75, 3.05) is 5.32 Å². The van der Waals surface area contributed by atoms with Crippen LogP contribution in [0.3, 0.4) is 0 Å². The lowest BCUT2D eigenvalue weighted by Crippen LogP contribution is -2.45. The second-order valence-electron chi connectivity index (χ2n) is 5.25. The van der Waals surface area contributed by atoms with Crippen LogP contribution in [0.1, 0.15) is 20.8 Å². The largest absolute Gasteiger partial charge is 0.323 e. The van der Waals surface area contributed by atoms with Crippen molar-refractivity contribution in [3.8, 4) is 0 Å². The molecule has 0 aliphatic heterocycles. The second-order valence-corrected chi connectivity index (χ2v) is 5.66. The van der Waals surface area contributed by atoms with Crippen LogP contribution in [0.2, 0.25) is 5.02 Å². The molecule has 104 valence electrons. The zero-order valence-corrected chi connectivity index (χ0v) is 11.7. The summed E-state index contributed by atoms with van der Waals surface area (Å²) >= 11 is 5.88. The van der Waals surface area contributed by atoms with E-state index in [9.17, 15) is 14.9 Å². The summed E-state index contributed by atoms with van der Waals surface area (Å²) in [6.07, 6.45) is 0. The Morgan fingerprint density at radius 2 is 2.05 bits per heavy atom. The molecule has 1 amide bonds. The molecule has 1 aromatic rings. The van der Waals surface area contributed by atoms with E-state index in [1.807, 2.05) is 20.8 Å². The summed E-state index contributed by atoms with van der Waals surface area (Å²) in [7, 11) is 0. The second kappa shape index (κ2) is 5.54. The molecule has 0 bridgehead atoms. The number of carbonyl (C=O) groups is 1. The number of amides is 1. The van der Waals surface area contributed by atoms with Gasteiger partial charge in [-0.1, -0.05) is 32.4 Å². The number of nitrogens with zero attached hydrogens (tertiary/aromatic N) is 1. The molecule has 3 N–H and O–H groups in total. The Kier molecular flexibility index (Phi) is 4.49. The van der Waals surface area contributed by atoms with Crippen molar-refractivity contribution in [2.45, 2.75) is 26.8 Å². The SMILES string of the molecule is CC(C)(C)[C@H](N)C(=O)Nc1ccc([N+](=O)[O-])cc1Cl. The van der Waals surface area contributed by atoms with Gasteiger partial charge in [0.2, 0.25) is 5.91 Å². The van der Waals surface area contributed by atoms with E-state index in [-0.39, 0.29) is 16.6 Å². The summed E-state index contributed by atoms with van der Waals surface area (Å²) in [5.41, 5.74) is 5.58. The van der Waals surface area contributed by atoms with E-state index >= 15 is 0 Å². The minimum Gasteiger partial charge on any atom is -0.323 e. The molecular formula is C12H16ClN3O3. The van der Waals surface area contributed by atoms with Gasteiger partial charge >= 0.3 is 0 Å². The predicted molar refractivity (Wildman–Crippen MR) is 74.2 cm³/mol. The Morgan fingerprint density at radius 1 is 1.47 bits per heavy atom. The molecule has 1 atom stereocenters. The monoisotopic (exact) mass is 285 g/mol. The molecule has 0 unspecified atom stereocenters. The molecule has 0 aliphatic rings. The van der Waals surface area contributed by atoms with Gasteiger partial charge in [0.05, 0.1) is 21.7 Å². The number of hydrogen-bond acceptors (Lipinski definition) is 4. The van der Waals surface area contributed by atoms with Crippen molar-refractivity contribution >= 4 is 28.9 Å². The van der Waals surface area contributed by atoms with Gasteiger partial charge < -0.3 is 11.1 Å². The molecular weight excluding hydrogens is 270 g/mol. The molecule has 0 radical (unpaired) electrons. The molecule has 0 fully saturated rings. The Bertz CT molecular complexity index is 511. The smallest absolute Gasteiger partial charge is 0.271 e. The molecule has 0 aliphatic carbocycles. The van der Waals surface area contributed by atoms with Gasteiger partial charge in [-0.2, -0.15) is 0 Å². The molecule has 19 heavy (non-hydrogen) atoms. The first-order valence-corrected chi connectivity index (χ1v) is 6.01. The lowest BCUT2D eigenvalue weighted by molar-refractivity contribution is -0.384. The Morgan fingerprint density at radius 3 is 2.47 bits per heavy atom. The number of anilines is 1. The number of non-ortho nitro benzene ring substituents is 1. The molecule has 0 heterocycles. The van der Waals surface area contributed by atoms with Crippen molar-refractivity contribution in [1.29, 1.82) is 0 Å². The Balaban J connectivity index is 2.89. The average Bonchev–Trinajstić information content (AvgIpc) is 2.29. The summed E-state index contributed by atoms with van der Waals surface area (Å²) in [6, 6.07) is 3.12. The third-order valence-electron chi connectivity index (χ3n) is 2.64. The maximum atomic E-state index is 11.9. The van der Waals surface area contributed by atoms with E-state index in [4.69, 9.17) is 17.3 Å². The molecule has 1 aromatic carbocycles. The van der Waals surface area contributed by atoms with Crippen LogP contribution in [-0.2, 0) is 4.79 Å². The number of nitro groups is 1. The number of benzene rings is 1. The fourth-order valence-electron chi connectivity index (χ4n) is 1.32. The van der Waals surface area contributed by atoms with Crippen molar-refractivity contribution in [3.63, 3.8) is 0 Å². The summed E-state index contributed by atoms with van der Waals surface area (Å²) in [6.45, 7) is 5.53. The molecule has 0 spiro atoms. The molecule has 6 nitrogen and oxygen atoms in total. The quantitative estimate of drug-likeness (QED) is 0.658. The van der Waals surface area contributed by atoms with Gasteiger partial charge in [-0.3, -0.25) is 14.9 Å². The predicted octanol–water partition coefficient (Wildman–Crippen LogP) is 2.56. The Hall–Kier alpha value is -1.66. The van der Waals surface area contributed by atoms with Crippen LogP contribution in [0.4, 0.5) is 11.4 Å². The number of hydrogen-bond donors (Lipinski definition) is 2. The zero-order chi connectivity index (χ0) is 14.8. The van der Waals surface area contributed by atoms with Gasteiger partial charge in [0, 0.05) is 12.1 Å². The third kappa shape index (κ3) is 3.90. The van der Waals surface area contributed by atoms with E-state index in [0.717, 1.165) is 0 Å². The number of nitro benzene ring substituents is 1. The maximum Gasteiger partial charge on any atom is 0.271 e. The highest BCUT2D eigenvalue weighted by atomic mass is 35.5.